The Morgan fingerprint density at radius 2 is 1.84 bits per heavy atom. The summed E-state index contributed by atoms with van der Waals surface area (Å²) in [7, 11) is 1.51. The maximum Gasteiger partial charge on any atom is 0.413 e. The van der Waals surface area contributed by atoms with Gasteiger partial charge in [-0.05, 0) is 53.2 Å². The van der Waals surface area contributed by atoms with Crippen LogP contribution in [0.3, 0.4) is 0 Å². The second-order valence-corrected chi connectivity index (χ2v) is 10.7. The fourth-order valence-corrected chi connectivity index (χ4v) is 5.28. The van der Waals surface area contributed by atoms with E-state index in [2.05, 4.69) is 15.3 Å². The molecule has 9 nitrogen and oxygen atoms in total. The van der Waals surface area contributed by atoms with E-state index in [4.69, 9.17) is 15.2 Å². The monoisotopic (exact) mass is 531 g/mol. The number of alkyl halides is 2. The van der Waals surface area contributed by atoms with Crippen molar-refractivity contribution in [2.45, 2.75) is 53.6 Å². The quantitative estimate of drug-likeness (QED) is 0.328. The van der Waals surface area contributed by atoms with Crippen molar-refractivity contribution in [1.29, 1.82) is 0 Å². The highest BCUT2D eigenvalue weighted by Crippen LogP contribution is 2.44. The van der Waals surface area contributed by atoms with Crippen LogP contribution in [0.5, 0.6) is 5.75 Å². The minimum atomic E-state index is -3.05. The predicted octanol–water partition coefficient (Wildman–Crippen LogP) is 5.95. The normalized spacial score (nSPS) is 11.9. The van der Waals surface area contributed by atoms with E-state index in [1.54, 1.807) is 51.3 Å². The molecule has 0 aliphatic rings. The van der Waals surface area contributed by atoms with E-state index in [0.717, 1.165) is 5.56 Å². The molecule has 0 aliphatic heterocycles. The summed E-state index contributed by atoms with van der Waals surface area (Å²) in [5, 5.41) is 3.03. The standard InChI is InChI=1S/C25H27F2N5O4S/c1-10-8-9-13(35-7)11(2)17(10)32-18-14(16(20(26)27)30-22-19(18)37-12(3)29-22)15(21(28)33)23(32)31-24(34)36-25(4,5)6/h8-9,20H,1-7H3,(H2,28,33)(H,31,34). The summed E-state index contributed by atoms with van der Waals surface area (Å²) in [5.41, 5.74) is 6.15. The second-order valence-electron chi connectivity index (χ2n) is 9.52. The van der Waals surface area contributed by atoms with E-state index in [1.807, 2.05) is 6.92 Å². The van der Waals surface area contributed by atoms with Crippen LogP contribution in [0.4, 0.5) is 19.4 Å². The van der Waals surface area contributed by atoms with Gasteiger partial charge in [0.15, 0.2) is 5.65 Å². The number of aromatic nitrogens is 3. The molecule has 2 amide bonds. The van der Waals surface area contributed by atoms with Gasteiger partial charge in [-0.2, -0.15) is 0 Å². The highest BCUT2D eigenvalue weighted by atomic mass is 32.1. The Bertz CT molecular complexity index is 1570. The van der Waals surface area contributed by atoms with Crippen LogP contribution < -0.4 is 15.8 Å². The molecule has 0 unspecified atom stereocenters. The minimum Gasteiger partial charge on any atom is -0.496 e. The number of carbonyl (C=O) groups excluding carboxylic acids is 2. The van der Waals surface area contributed by atoms with Crippen LogP contribution in [0.1, 0.15) is 59.4 Å². The van der Waals surface area contributed by atoms with Crippen LogP contribution in [0.2, 0.25) is 0 Å². The van der Waals surface area contributed by atoms with Crippen molar-refractivity contribution in [3.63, 3.8) is 0 Å². The molecule has 0 atom stereocenters. The van der Waals surface area contributed by atoms with Gasteiger partial charge < -0.3 is 15.2 Å². The zero-order valence-corrected chi connectivity index (χ0v) is 22.3. The Balaban J connectivity index is 2.27. The van der Waals surface area contributed by atoms with Gasteiger partial charge in [0, 0.05) is 10.9 Å². The molecule has 1 aromatic carbocycles. The summed E-state index contributed by atoms with van der Waals surface area (Å²) in [4.78, 5) is 34.2. The summed E-state index contributed by atoms with van der Waals surface area (Å²) in [6.45, 7) is 10.4. The van der Waals surface area contributed by atoms with E-state index in [-0.39, 0.29) is 27.9 Å². The Morgan fingerprint density at radius 3 is 2.41 bits per heavy atom. The first-order valence-electron chi connectivity index (χ1n) is 11.3. The third-order valence-corrected chi connectivity index (χ3v) is 6.65. The molecule has 0 fully saturated rings. The lowest BCUT2D eigenvalue weighted by molar-refractivity contribution is 0.0635. The van der Waals surface area contributed by atoms with Crippen molar-refractivity contribution in [3.8, 4) is 11.4 Å². The van der Waals surface area contributed by atoms with Gasteiger partial charge in [0.1, 0.15) is 22.9 Å². The second kappa shape index (κ2) is 9.25. The van der Waals surface area contributed by atoms with Crippen molar-refractivity contribution < 1.29 is 27.8 Å². The number of fused-ring (bicyclic) bond motifs is 3. The van der Waals surface area contributed by atoms with Crippen molar-refractivity contribution >= 4 is 50.4 Å². The number of rotatable bonds is 5. The summed E-state index contributed by atoms with van der Waals surface area (Å²) in [6, 6.07) is 3.56. The molecule has 3 heterocycles. The van der Waals surface area contributed by atoms with E-state index in [1.165, 1.54) is 18.4 Å². The van der Waals surface area contributed by atoms with Gasteiger partial charge in [0.2, 0.25) is 0 Å². The zero-order chi connectivity index (χ0) is 27.4. The summed E-state index contributed by atoms with van der Waals surface area (Å²) < 4.78 is 41.7. The molecule has 0 spiro atoms. The lowest BCUT2D eigenvalue weighted by Gasteiger charge is -2.22. The zero-order valence-electron chi connectivity index (χ0n) is 21.4. The number of thiazole rings is 1. The maximum absolute atomic E-state index is 14.4. The number of amides is 2. The summed E-state index contributed by atoms with van der Waals surface area (Å²) in [5.74, 6) is -0.609. The highest BCUT2D eigenvalue weighted by Gasteiger charge is 2.33. The highest BCUT2D eigenvalue weighted by molar-refractivity contribution is 7.19. The summed E-state index contributed by atoms with van der Waals surface area (Å²) in [6.07, 6.45) is -3.94. The number of hydrogen-bond acceptors (Lipinski definition) is 7. The number of aryl methyl sites for hydroxylation is 2. The van der Waals surface area contributed by atoms with Crippen LogP contribution in [0.15, 0.2) is 12.1 Å². The largest absolute Gasteiger partial charge is 0.496 e. The molecule has 4 aromatic rings. The lowest BCUT2D eigenvalue weighted by atomic mass is 10.1. The molecule has 0 saturated carbocycles. The van der Waals surface area contributed by atoms with Crippen LogP contribution in [0.25, 0.3) is 26.9 Å². The Kier molecular flexibility index (Phi) is 6.57. The molecule has 0 radical (unpaired) electrons. The van der Waals surface area contributed by atoms with Crippen molar-refractivity contribution in [1.82, 2.24) is 14.5 Å². The molecule has 0 bridgehead atoms. The molecule has 196 valence electrons. The smallest absolute Gasteiger partial charge is 0.413 e. The van der Waals surface area contributed by atoms with E-state index >= 15 is 0 Å². The molecule has 3 N–H and O–H groups in total. The predicted molar refractivity (Wildman–Crippen MR) is 138 cm³/mol. The minimum absolute atomic E-state index is 0.0992. The number of benzene rings is 1. The van der Waals surface area contributed by atoms with Crippen molar-refractivity contribution in [3.05, 3.63) is 39.5 Å². The average molecular weight is 532 g/mol. The molecule has 12 heteroatoms. The fraction of sp³-hybridized carbons (Fsp3) is 0.360. The molecule has 0 aliphatic carbocycles. The van der Waals surface area contributed by atoms with E-state index in [9.17, 15) is 18.4 Å². The first-order valence-corrected chi connectivity index (χ1v) is 12.1. The number of hydrogen-bond donors (Lipinski definition) is 2. The maximum atomic E-state index is 14.4. The van der Waals surface area contributed by atoms with Gasteiger partial charge >= 0.3 is 6.09 Å². The molecular formula is C25H27F2N5O4S. The Morgan fingerprint density at radius 1 is 1.16 bits per heavy atom. The number of ether oxygens (including phenoxy) is 2. The van der Waals surface area contributed by atoms with Crippen LogP contribution in [0, 0.1) is 20.8 Å². The van der Waals surface area contributed by atoms with Gasteiger partial charge in [0.25, 0.3) is 12.3 Å². The number of nitrogens with two attached hydrogens (primary N) is 1. The number of pyridine rings is 1. The number of anilines is 1. The van der Waals surface area contributed by atoms with Crippen LogP contribution in [-0.2, 0) is 4.74 Å². The first-order chi connectivity index (χ1) is 17.2. The number of nitrogens with one attached hydrogen (secondary N) is 1. The molecule has 3 aromatic heterocycles. The van der Waals surface area contributed by atoms with Crippen LogP contribution >= 0.6 is 11.3 Å². The Labute approximate surface area is 215 Å². The average Bonchev–Trinajstić information content (AvgIpc) is 3.29. The number of halogens is 2. The SMILES string of the molecule is COc1ccc(C)c(-n2c(NC(=O)OC(C)(C)C)c(C(N)=O)c3c(C(F)F)nc4nc(C)sc4c32)c1C. The number of carbonyl (C=O) groups is 2. The molecule has 37 heavy (non-hydrogen) atoms. The van der Waals surface area contributed by atoms with Gasteiger partial charge in [-0.1, -0.05) is 6.07 Å². The van der Waals surface area contributed by atoms with E-state index in [0.29, 0.717) is 26.7 Å². The van der Waals surface area contributed by atoms with Gasteiger partial charge in [0.05, 0.1) is 33.6 Å². The van der Waals surface area contributed by atoms with Gasteiger partial charge in [-0.3, -0.25) is 14.7 Å². The van der Waals surface area contributed by atoms with Crippen molar-refractivity contribution in [2.75, 3.05) is 12.4 Å². The number of nitrogens with zero attached hydrogens (tertiary/aromatic N) is 3. The van der Waals surface area contributed by atoms with Crippen molar-refractivity contribution in [2.24, 2.45) is 5.73 Å². The topological polar surface area (TPSA) is 121 Å². The number of methoxy groups -OCH3 is 1. The number of primary amides is 1. The molecular weight excluding hydrogens is 504 g/mol. The van der Waals surface area contributed by atoms with Crippen LogP contribution in [-0.4, -0.2) is 39.2 Å². The molecule has 4 rings (SSSR count). The molecule has 0 saturated heterocycles. The first kappa shape index (κ1) is 26.3. The Hall–Kier alpha value is -3.80. The third kappa shape index (κ3) is 4.57. The fourth-order valence-electron chi connectivity index (χ4n) is 4.38. The van der Waals surface area contributed by atoms with Gasteiger partial charge in [-0.25, -0.2) is 23.5 Å². The van der Waals surface area contributed by atoms with Gasteiger partial charge in [-0.15, -0.1) is 11.3 Å². The van der Waals surface area contributed by atoms with E-state index < -0.39 is 29.7 Å². The third-order valence-electron chi connectivity index (χ3n) is 5.68. The lowest BCUT2D eigenvalue weighted by Crippen LogP contribution is -2.29. The summed E-state index contributed by atoms with van der Waals surface area (Å²) >= 11 is 1.23.